The maximum atomic E-state index is 9.54. The zero-order chi connectivity index (χ0) is 10.7. The minimum atomic E-state index is -0.466. The van der Waals surface area contributed by atoms with Crippen LogP contribution in [0.4, 0.5) is 5.69 Å². The molecule has 15 heavy (non-hydrogen) atoms. The predicted molar refractivity (Wildman–Crippen MR) is 64.4 cm³/mol. The van der Waals surface area contributed by atoms with Crippen LogP contribution in [-0.2, 0) is 0 Å². The van der Waals surface area contributed by atoms with Gasteiger partial charge in [-0.05, 0) is 11.6 Å². The third kappa shape index (κ3) is 2.33. The molecule has 1 N–H and O–H groups in total. The van der Waals surface area contributed by atoms with Gasteiger partial charge in [0.25, 0.3) is 0 Å². The minimum absolute atomic E-state index is 0.280. The number of para-hydroxylation sites is 1. The van der Waals surface area contributed by atoms with Gasteiger partial charge in [-0.1, -0.05) is 30.4 Å². The van der Waals surface area contributed by atoms with Gasteiger partial charge in [0.2, 0.25) is 0 Å². The maximum Gasteiger partial charge on any atom is 0.0850 e. The Hall–Kier alpha value is -0.990. The summed E-state index contributed by atoms with van der Waals surface area (Å²) in [5, 5.41) is 9.54. The van der Waals surface area contributed by atoms with Gasteiger partial charge in [-0.15, -0.1) is 11.6 Å². The highest BCUT2D eigenvalue weighted by Gasteiger charge is 2.15. The zero-order valence-corrected chi connectivity index (χ0v) is 9.19. The van der Waals surface area contributed by atoms with E-state index in [1.807, 2.05) is 12.1 Å². The number of anilines is 1. The lowest BCUT2D eigenvalue weighted by Gasteiger charge is -2.29. The van der Waals surface area contributed by atoms with E-state index >= 15 is 0 Å². The Kier molecular flexibility index (Phi) is 3.29. The van der Waals surface area contributed by atoms with Crippen molar-refractivity contribution in [2.75, 3.05) is 23.9 Å². The number of nitrogens with zero attached hydrogens (tertiary/aromatic N) is 1. The van der Waals surface area contributed by atoms with E-state index in [9.17, 15) is 5.11 Å². The molecule has 1 aliphatic heterocycles. The van der Waals surface area contributed by atoms with Gasteiger partial charge < -0.3 is 10.0 Å². The first-order valence-corrected chi connectivity index (χ1v) is 5.59. The molecule has 0 spiro atoms. The third-order valence-corrected chi connectivity index (χ3v) is 2.87. The summed E-state index contributed by atoms with van der Waals surface area (Å²) < 4.78 is 0. The highest BCUT2D eigenvalue weighted by molar-refractivity contribution is 6.18. The number of hydrogen-bond acceptors (Lipinski definition) is 2. The number of alkyl halides is 1. The molecule has 0 fully saturated rings. The molecule has 0 bridgehead atoms. The molecule has 1 unspecified atom stereocenters. The molecule has 0 radical (unpaired) electrons. The van der Waals surface area contributed by atoms with E-state index in [0.29, 0.717) is 6.54 Å². The van der Waals surface area contributed by atoms with Gasteiger partial charge in [0.15, 0.2) is 0 Å². The van der Waals surface area contributed by atoms with Crippen LogP contribution in [0.5, 0.6) is 0 Å². The van der Waals surface area contributed by atoms with Crippen LogP contribution in [0.25, 0.3) is 6.08 Å². The highest BCUT2D eigenvalue weighted by atomic mass is 35.5. The van der Waals surface area contributed by atoms with Crippen molar-refractivity contribution in [3.63, 3.8) is 0 Å². The van der Waals surface area contributed by atoms with Gasteiger partial charge in [-0.2, -0.15) is 0 Å². The van der Waals surface area contributed by atoms with E-state index in [1.54, 1.807) is 0 Å². The average Bonchev–Trinajstić information content (AvgIpc) is 2.29. The molecule has 0 aromatic heterocycles. The summed E-state index contributed by atoms with van der Waals surface area (Å²) in [6, 6.07) is 8.17. The number of aliphatic hydroxyl groups is 1. The average molecular weight is 224 g/mol. The molecule has 1 aromatic rings. The van der Waals surface area contributed by atoms with Gasteiger partial charge in [0.1, 0.15) is 0 Å². The molecular weight excluding hydrogens is 210 g/mol. The first kappa shape index (κ1) is 10.5. The van der Waals surface area contributed by atoms with E-state index in [1.165, 1.54) is 11.3 Å². The van der Waals surface area contributed by atoms with Crippen LogP contribution >= 0.6 is 11.6 Å². The van der Waals surface area contributed by atoms with Crippen molar-refractivity contribution in [3.8, 4) is 0 Å². The molecule has 1 aromatic carbocycles. The van der Waals surface area contributed by atoms with E-state index in [2.05, 4.69) is 29.2 Å². The second kappa shape index (κ2) is 4.69. The number of rotatable bonds is 3. The van der Waals surface area contributed by atoms with Crippen LogP contribution in [0, 0.1) is 0 Å². The molecule has 0 saturated carbocycles. The lowest BCUT2D eigenvalue weighted by Crippen LogP contribution is -2.35. The summed E-state index contributed by atoms with van der Waals surface area (Å²) >= 11 is 5.60. The normalized spacial score (nSPS) is 16.3. The minimum Gasteiger partial charge on any atom is -0.390 e. The Morgan fingerprint density at radius 3 is 3.00 bits per heavy atom. The fourth-order valence-electron chi connectivity index (χ4n) is 1.80. The maximum absolute atomic E-state index is 9.54. The summed E-state index contributed by atoms with van der Waals surface area (Å²) in [5.74, 6) is 0.280. The van der Waals surface area contributed by atoms with Gasteiger partial charge in [-0.25, -0.2) is 0 Å². The Morgan fingerprint density at radius 1 is 1.40 bits per heavy atom. The Labute approximate surface area is 94.8 Å². The largest absolute Gasteiger partial charge is 0.390 e. The lowest BCUT2D eigenvalue weighted by molar-refractivity contribution is 0.204. The van der Waals surface area contributed by atoms with Crippen molar-refractivity contribution in [2.45, 2.75) is 6.10 Å². The molecule has 80 valence electrons. The Morgan fingerprint density at radius 2 is 2.20 bits per heavy atom. The number of benzene rings is 1. The summed E-state index contributed by atoms with van der Waals surface area (Å²) in [6.45, 7) is 1.43. The van der Waals surface area contributed by atoms with Crippen molar-refractivity contribution in [3.05, 3.63) is 35.9 Å². The van der Waals surface area contributed by atoms with Crippen LogP contribution in [0.2, 0.25) is 0 Å². The standard InChI is InChI=1S/C12H14ClNO/c13-8-11(15)9-14-7-3-5-10-4-1-2-6-12(10)14/h1-6,11,15H,7-9H2. The van der Waals surface area contributed by atoms with Crippen molar-refractivity contribution in [2.24, 2.45) is 0 Å². The van der Waals surface area contributed by atoms with Gasteiger partial charge in [0, 0.05) is 18.8 Å². The van der Waals surface area contributed by atoms with Gasteiger partial charge >= 0.3 is 0 Å². The fourth-order valence-corrected chi connectivity index (χ4v) is 1.90. The topological polar surface area (TPSA) is 23.5 Å². The van der Waals surface area contributed by atoms with Crippen LogP contribution in [0.15, 0.2) is 30.3 Å². The molecule has 1 heterocycles. The smallest absolute Gasteiger partial charge is 0.0850 e. The molecule has 2 rings (SSSR count). The SMILES string of the molecule is OC(CCl)CN1CC=Cc2ccccc21. The third-order valence-electron chi connectivity index (χ3n) is 2.51. The quantitative estimate of drug-likeness (QED) is 0.794. The van der Waals surface area contributed by atoms with Crippen LogP contribution in [0.3, 0.4) is 0 Å². The predicted octanol–water partition coefficient (Wildman–Crippen LogP) is 2.12. The summed E-state index contributed by atoms with van der Waals surface area (Å²) in [5.41, 5.74) is 2.37. The van der Waals surface area contributed by atoms with Crippen LogP contribution in [0.1, 0.15) is 5.56 Å². The van der Waals surface area contributed by atoms with Crippen molar-refractivity contribution >= 4 is 23.4 Å². The van der Waals surface area contributed by atoms with Crippen LogP contribution in [-0.4, -0.2) is 30.2 Å². The summed E-state index contributed by atoms with van der Waals surface area (Å²) in [4.78, 5) is 2.14. The molecule has 2 nitrogen and oxygen atoms in total. The first-order chi connectivity index (χ1) is 7.31. The van der Waals surface area contributed by atoms with Crippen molar-refractivity contribution < 1.29 is 5.11 Å². The van der Waals surface area contributed by atoms with Crippen molar-refractivity contribution in [1.82, 2.24) is 0 Å². The molecule has 1 atom stereocenters. The lowest BCUT2D eigenvalue weighted by atomic mass is 10.1. The number of aliphatic hydroxyl groups excluding tert-OH is 1. The van der Waals surface area contributed by atoms with E-state index < -0.39 is 6.10 Å². The Balaban J connectivity index is 2.19. The molecule has 0 amide bonds. The zero-order valence-electron chi connectivity index (χ0n) is 8.44. The molecule has 1 aliphatic rings. The first-order valence-electron chi connectivity index (χ1n) is 5.06. The van der Waals surface area contributed by atoms with E-state index in [4.69, 9.17) is 11.6 Å². The number of halogens is 1. The second-order valence-corrected chi connectivity index (χ2v) is 3.98. The monoisotopic (exact) mass is 223 g/mol. The Bertz CT molecular complexity index is 364. The number of β-amino-alcohol motifs (C(OH)–C–C–N with tert-alkyl or cyclic N) is 1. The van der Waals surface area contributed by atoms with E-state index in [0.717, 1.165) is 6.54 Å². The number of fused-ring (bicyclic) bond motifs is 1. The number of hydrogen-bond donors (Lipinski definition) is 1. The van der Waals surface area contributed by atoms with Gasteiger partial charge in [-0.3, -0.25) is 0 Å². The van der Waals surface area contributed by atoms with Crippen molar-refractivity contribution in [1.29, 1.82) is 0 Å². The van der Waals surface area contributed by atoms with Gasteiger partial charge in [0.05, 0.1) is 12.0 Å². The van der Waals surface area contributed by atoms with E-state index in [-0.39, 0.29) is 5.88 Å². The fraction of sp³-hybridized carbons (Fsp3) is 0.333. The molecule has 0 aliphatic carbocycles. The second-order valence-electron chi connectivity index (χ2n) is 3.67. The summed E-state index contributed by atoms with van der Waals surface area (Å²) in [6.07, 6.45) is 3.74. The molecule has 0 saturated heterocycles. The molecule has 3 heteroatoms. The highest BCUT2D eigenvalue weighted by Crippen LogP contribution is 2.25. The van der Waals surface area contributed by atoms with Crippen LogP contribution < -0.4 is 4.90 Å². The summed E-state index contributed by atoms with van der Waals surface area (Å²) in [7, 11) is 0. The molecular formula is C12H14ClNO.